The molecule has 0 radical (unpaired) electrons. The fourth-order valence-corrected chi connectivity index (χ4v) is 2.01. The molecule has 0 spiro atoms. The standard InChI is InChI=1S/C12H13ClFN3/c1-3-4-11-15-16-12(13)17(11)10-6-8(2)5-9(14)7-10/h5-7H,3-4H2,1-2H3. The molecule has 1 heterocycles. The van der Waals surface area contributed by atoms with Gasteiger partial charge in [0.05, 0.1) is 5.69 Å². The summed E-state index contributed by atoms with van der Waals surface area (Å²) in [5, 5.41) is 8.09. The van der Waals surface area contributed by atoms with Crippen LogP contribution >= 0.6 is 11.6 Å². The zero-order valence-electron chi connectivity index (χ0n) is 9.74. The van der Waals surface area contributed by atoms with E-state index in [1.165, 1.54) is 12.1 Å². The van der Waals surface area contributed by atoms with Crippen LogP contribution < -0.4 is 0 Å². The number of benzene rings is 1. The van der Waals surface area contributed by atoms with E-state index in [0.717, 1.165) is 24.2 Å². The minimum Gasteiger partial charge on any atom is -0.270 e. The largest absolute Gasteiger partial charge is 0.270 e. The molecule has 0 atom stereocenters. The molecule has 0 aliphatic carbocycles. The third-order valence-electron chi connectivity index (χ3n) is 2.45. The van der Waals surface area contributed by atoms with Gasteiger partial charge in [0.25, 0.3) is 0 Å². The lowest BCUT2D eigenvalue weighted by Gasteiger charge is -2.08. The van der Waals surface area contributed by atoms with Crippen LogP contribution in [0.4, 0.5) is 4.39 Å². The molecule has 90 valence electrons. The fraction of sp³-hybridized carbons (Fsp3) is 0.333. The van der Waals surface area contributed by atoms with Gasteiger partial charge in [0.2, 0.25) is 5.28 Å². The monoisotopic (exact) mass is 253 g/mol. The highest BCUT2D eigenvalue weighted by Gasteiger charge is 2.12. The predicted octanol–water partition coefficient (Wildman–Crippen LogP) is 3.32. The van der Waals surface area contributed by atoms with Crippen molar-refractivity contribution in [1.82, 2.24) is 14.8 Å². The summed E-state index contributed by atoms with van der Waals surface area (Å²) in [6.45, 7) is 3.88. The smallest absolute Gasteiger partial charge is 0.229 e. The van der Waals surface area contributed by atoms with E-state index in [1.807, 2.05) is 19.9 Å². The molecule has 0 saturated heterocycles. The number of aryl methyl sites for hydroxylation is 2. The summed E-state index contributed by atoms with van der Waals surface area (Å²) in [5.41, 5.74) is 1.51. The maximum Gasteiger partial charge on any atom is 0.229 e. The van der Waals surface area contributed by atoms with E-state index in [-0.39, 0.29) is 11.1 Å². The molecule has 0 aliphatic heterocycles. The molecule has 0 amide bonds. The Bertz CT molecular complexity index is 516. The van der Waals surface area contributed by atoms with Crippen molar-refractivity contribution in [2.75, 3.05) is 0 Å². The van der Waals surface area contributed by atoms with Gasteiger partial charge in [-0.25, -0.2) is 4.39 Å². The van der Waals surface area contributed by atoms with E-state index in [0.29, 0.717) is 5.69 Å². The predicted molar refractivity (Wildman–Crippen MR) is 65.1 cm³/mol. The maximum absolute atomic E-state index is 13.4. The number of hydrogen-bond acceptors (Lipinski definition) is 2. The number of nitrogens with zero attached hydrogens (tertiary/aromatic N) is 3. The Balaban J connectivity index is 2.54. The molecule has 0 fully saturated rings. The van der Waals surface area contributed by atoms with Crippen LogP contribution in [-0.2, 0) is 6.42 Å². The Hall–Kier alpha value is -1.42. The Morgan fingerprint density at radius 2 is 2.06 bits per heavy atom. The lowest BCUT2D eigenvalue weighted by Crippen LogP contribution is -2.02. The lowest BCUT2D eigenvalue weighted by atomic mass is 10.2. The van der Waals surface area contributed by atoms with Crippen LogP contribution in [0.2, 0.25) is 5.28 Å². The van der Waals surface area contributed by atoms with E-state index < -0.39 is 0 Å². The van der Waals surface area contributed by atoms with Gasteiger partial charge in [0.1, 0.15) is 11.6 Å². The highest BCUT2D eigenvalue weighted by Crippen LogP contribution is 2.20. The Morgan fingerprint density at radius 1 is 1.29 bits per heavy atom. The summed E-state index contributed by atoms with van der Waals surface area (Å²) >= 11 is 5.99. The van der Waals surface area contributed by atoms with Crippen molar-refractivity contribution in [3.05, 3.63) is 40.7 Å². The van der Waals surface area contributed by atoms with Crippen molar-refractivity contribution < 1.29 is 4.39 Å². The molecule has 0 N–H and O–H groups in total. The molecule has 0 unspecified atom stereocenters. The lowest BCUT2D eigenvalue weighted by molar-refractivity contribution is 0.624. The Labute approximate surface area is 104 Å². The quantitative estimate of drug-likeness (QED) is 0.840. The van der Waals surface area contributed by atoms with E-state index in [1.54, 1.807) is 4.57 Å². The van der Waals surface area contributed by atoms with Crippen molar-refractivity contribution in [3.63, 3.8) is 0 Å². The van der Waals surface area contributed by atoms with Gasteiger partial charge in [-0.1, -0.05) is 6.92 Å². The van der Waals surface area contributed by atoms with Crippen LogP contribution in [-0.4, -0.2) is 14.8 Å². The number of rotatable bonds is 3. The summed E-state index contributed by atoms with van der Waals surface area (Å²) in [7, 11) is 0. The van der Waals surface area contributed by atoms with E-state index in [2.05, 4.69) is 10.2 Å². The summed E-state index contributed by atoms with van der Waals surface area (Å²) in [6, 6.07) is 4.76. The highest BCUT2D eigenvalue weighted by atomic mass is 35.5. The minimum absolute atomic E-state index is 0.262. The van der Waals surface area contributed by atoms with E-state index in [9.17, 15) is 4.39 Å². The molecule has 2 rings (SSSR count). The zero-order valence-corrected chi connectivity index (χ0v) is 10.5. The molecule has 0 aliphatic rings. The van der Waals surface area contributed by atoms with Crippen LogP contribution in [0.1, 0.15) is 24.7 Å². The first-order valence-electron chi connectivity index (χ1n) is 5.49. The van der Waals surface area contributed by atoms with E-state index in [4.69, 9.17) is 11.6 Å². The van der Waals surface area contributed by atoms with Crippen molar-refractivity contribution in [2.45, 2.75) is 26.7 Å². The molecule has 0 bridgehead atoms. The summed E-state index contributed by atoms with van der Waals surface area (Å²) in [6.07, 6.45) is 1.69. The van der Waals surface area contributed by atoms with Gasteiger partial charge in [-0.2, -0.15) is 0 Å². The number of halogens is 2. The van der Waals surface area contributed by atoms with Crippen molar-refractivity contribution in [2.24, 2.45) is 0 Å². The van der Waals surface area contributed by atoms with Gasteiger partial charge in [-0.15, -0.1) is 10.2 Å². The van der Waals surface area contributed by atoms with Crippen LogP contribution in [0, 0.1) is 12.7 Å². The van der Waals surface area contributed by atoms with Crippen LogP contribution in [0.15, 0.2) is 18.2 Å². The Morgan fingerprint density at radius 3 is 2.71 bits per heavy atom. The third-order valence-corrected chi connectivity index (χ3v) is 2.69. The summed E-state index contributed by atoms with van der Waals surface area (Å²) in [4.78, 5) is 0. The van der Waals surface area contributed by atoms with Gasteiger partial charge >= 0.3 is 0 Å². The van der Waals surface area contributed by atoms with Gasteiger partial charge in [0.15, 0.2) is 0 Å². The van der Waals surface area contributed by atoms with Crippen LogP contribution in [0.5, 0.6) is 0 Å². The average Bonchev–Trinajstić information content (AvgIpc) is 2.59. The zero-order chi connectivity index (χ0) is 12.4. The molecular formula is C12H13ClFN3. The fourth-order valence-electron chi connectivity index (χ4n) is 1.78. The second-order valence-corrected chi connectivity index (χ2v) is 4.30. The Kier molecular flexibility index (Phi) is 3.43. The first-order chi connectivity index (χ1) is 8.11. The van der Waals surface area contributed by atoms with Crippen molar-refractivity contribution in [3.8, 4) is 5.69 Å². The first kappa shape index (κ1) is 12.0. The summed E-state index contributed by atoms with van der Waals surface area (Å²) in [5.74, 6) is 0.467. The minimum atomic E-state index is -0.285. The molecule has 2 aromatic rings. The van der Waals surface area contributed by atoms with Crippen molar-refractivity contribution >= 4 is 11.6 Å². The second-order valence-electron chi connectivity index (χ2n) is 3.96. The van der Waals surface area contributed by atoms with Gasteiger partial charge < -0.3 is 0 Å². The molecule has 3 nitrogen and oxygen atoms in total. The third kappa shape index (κ3) is 2.47. The topological polar surface area (TPSA) is 30.7 Å². The molecular weight excluding hydrogens is 241 g/mol. The van der Waals surface area contributed by atoms with Gasteiger partial charge in [0, 0.05) is 6.42 Å². The average molecular weight is 254 g/mol. The second kappa shape index (κ2) is 4.84. The SMILES string of the molecule is CCCc1nnc(Cl)n1-c1cc(C)cc(F)c1. The molecule has 5 heteroatoms. The molecule has 17 heavy (non-hydrogen) atoms. The number of aromatic nitrogens is 3. The molecule has 1 aromatic carbocycles. The molecule has 0 saturated carbocycles. The molecule has 1 aromatic heterocycles. The highest BCUT2D eigenvalue weighted by molar-refractivity contribution is 6.28. The summed E-state index contributed by atoms with van der Waals surface area (Å²) < 4.78 is 15.1. The first-order valence-corrected chi connectivity index (χ1v) is 5.87. The number of hydrogen-bond donors (Lipinski definition) is 0. The normalized spacial score (nSPS) is 10.8. The van der Waals surface area contributed by atoms with Gasteiger partial charge in [-0.3, -0.25) is 4.57 Å². The van der Waals surface area contributed by atoms with Crippen molar-refractivity contribution in [1.29, 1.82) is 0 Å². The van der Waals surface area contributed by atoms with Crippen LogP contribution in [0.25, 0.3) is 5.69 Å². The van der Waals surface area contributed by atoms with Crippen LogP contribution in [0.3, 0.4) is 0 Å². The van der Waals surface area contributed by atoms with Gasteiger partial charge in [-0.05, 0) is 48.7 Å². The van der Waals surface area contributed by atoms with E-state index >= 15 is 0 Å². The maximum atomic E-state index is 13.4.